The molecule has 29 heavy (non-hydrogen) atoms. The van der Waals surface area contributed by atoms with Crippen molar-refractivity contribution in [3.8, 4) is 17.0 Å². The maximum absolute atomic E-state index is 12.1. The fourth-order valence-corrected chi connectivity index (χ4v) is 3.13. The summed E-state index contributed by atoms with van der Waals surface area (Å²) in [6.45, 7) is 0.142. The minimum absolute atomic E-state index is 0.142. The van der Waals surface area contributed by atoms with Gasteiger partial charge in [0.2, 0.25) is 5.91 Å². The van der Waals surface area contributed by atoms with E-state index >= 15 is 0 Å². The number of thiazole rings is 1. The summed E-state index contributed by atoms with van der Waals surface area (Å²) in [6.07, 6.45) is -0.563. The van der Waals surface area contributed by atoms with Crippen molar-refractivity contribution < 1.29 is 19.1 Å². The van der Waals surface area contributed by atoms with Crippen molar-refractivity contribution in [3.05, 3.63) is 53.9 Å². The Morgan fingerprint density at radius 2 is 1.66 bits per heavy atom. The second-order valence-corrected chi connectivity index (χ2v) is 6.72. The maximum atomic E-state index is 12.1. The van der Waals surface area contributed by atoms with Crippen molar-refractivity contribution >= 4 is 39.8 Å². The van der Waals surface area contributed by atoms with Crippen LogP contribution in [0.25, 0.3) is 11.3 Å². The molecule has 0 saturated carbocycles. The molecule has 2 amide bonds. The molecule has 0 spiro atoms. The first-order chi connectivity index (χ1) is 14.1. The first-order valence-electron chi connectivity index (χ1n) is 8.66. The van der Waals surface area contributed by atoms with E-state index in [4.69, 9.17) is 4.74 Å². The Kier molecular flexibility index (Phi) is 6.64. The Balaban J connectivity index is 1.53. The summed E-state index contributed by atoms with van der Waals surface area (Å²) in [5.41, 5.74) is 3.10. The van der Waals surface area contributed by atoms with E-state index in [2.05, 4.69) is 25.7 Å². The molecule has 0 radical (unpaired) electrons. The van der Waals surface area contributed by atoms with Gasteiger partial charge in [-0.25, -0.2) is 9.78 Å². The molecule has 0 aliphatic rings. The van der Waals surface area contributed by atoms with Gasteiger partial charge in [-0.15, -0.1) is 11.3 Å². The number of methoxy groups -OCH3 is 2. The normalized spacial score (nSPS) is 10.1. The number of hydrogen-bond acceptors (Lipinski definition) is 7. The zero-order chi connectivity index (χ0) is 20.6. The van der Waals surface area contributed by atoms with Crippen LogP contribution in [0.4, 0.5) is 21.3 Å². The lowest BCUT2D eigenvalue weighted by atomic mass is 10.1. The van der Waals surface area contributed by atoms with Crippen LogP contribution in [0, 0.1) is 0 Å². The van der Waals surface area contributed by atoms with Gasteiger partial charge in [0, 0.05) is 22.3 Å². The number of amides is 2. The highest BCUT2D eigenvalue weighted by molar-refractivity contribution is 7.14. The van der Waals surface area contributed by atoms with Crippen LogP contribution in [0.5, 0.6) is 5.75 Å². The molecular weight excluding hydrogens is 392 g/mol. The number of anilines is 3. The Labute approximate surface area is 171 Å². The lowest BCUT2D eigenvalue weighted by Crippen LogP contribution is -2.21. The predicted molar refractivity (Wildman–Crippen MR) is 114 cm³/mol. The van der Waals surface area contributed by atoms with Gasteiger partial charge in [-0.05, 0) is 36.4 Å². The third-order valence-corrected chi connectivity index (χ3v) is 4.66. The molecule has 0 atom stereocenters. The minimum Gasteiger partial charge on any atom is -0.497 e. The van der Waals surface area contributed by atoms with Gasteiger partial charge >= 0.3 is 6.09 Å². The zero-order valence-corrected chi connectivity index (χ0v) is 16.7. The average Bonchev–Trinajstić information content (AvgIpc) is 3.21. The van der Waals surface area contributed by atoms with Crippen molar-refractivity contribution in [1.29, 1.82) is 0 Å². The second-order valence-electron chi connectivity index (χ2n) is 5.86. The van der Waals surface area contributed by atoms with Crippen molar-refractivity contribution in [3.63, 3.8) is 0 Å². The van der Waals surface area contributed by atoms with Gasteiger partial charge in [-0.2, -0.15) is 0 Å². The molecule has 150 valence electrons. The van der Waals surface area contributed by atoms with Gasteiger partial charge in [-0.3, -0.25) is 10.1 Å². The van der Waals surface area contributed by atoms with Gasteiger partial charge in [-0.1, -0.05) is 12.1 Å². The first-order valence-corrected chi connectivity index (χ1v) is 9.54. The molecular formula is C20H20N4O4S. The number of carbonyl (C=O) groups is 2. The number of hydrogen-bond donors (Lipinski definition) is 3. The number of carbonyl (C=O) groups excluding carboxylic acids is 2. The Hall–Kier alpha value is -3.59. The molecule has 8 nitrogen and oxygen atoms in total. The van der Waals surface area contributed by atoms with Crippen molar-refractivity contribution in [2.24, 2.45) is 0 Å². The SMILES string of the molecule is COC(=O)Nc1nc(-c2ccc(NC(=O)CNc3ccc(OC)cc3)cc2)cs1. The number of benzene rings is 2. The lowest BCUT2D eigenvalue weighted by Gasteiger charge is -2.09. The summed E-state index contributed by atoms with van der Waals surface area (Å²) in [6, 6.07) is 14.6. The van der Waals surface area contributed by atoms with Gasteiger partial charge in [0.25, 0.3) is 0 Å². The van der Waals surface area contributed by atoms with Crippen LogP contribution in [0.3, 0.4) is 0 Å². The highest BCUT2D eigenvalue weighted by Gasteiger charge is 2.08. The number of ether oxygens (including phenoxy) is 2. The maximum Gasteiger partial charge on any atom is 0.413 e. The molecule has 1 aromatic heterocycles. The minimum atomic E-state index is -0.563. The van der Waals surface area contributed by atoms with Gasteiger partial charge in [0.1, 0.15) is 5.75 Å². The summed E-state index contributed by atoms with van der Waals surface area (Å²) >= 11 is 1.30. The molecule has 0 aliphatic heterocycles. The van der Waals surface area contributed by atoms with E-state index in [0.717, 1.165) is 22.7 Å². The molecule has 3 N–H and O–H groups in total. The topological polar surface area (TPSA) is 102 Å². The summed E-state index contributed by atoms with van der Waals surface area (Å²) in [4.78, 5) is 27.7. The van der Waals surface area contributed by atoms with Crippen molar-refractivity contribution in [1.82, 2.24) is 4.98 Å². The quantitative estimate of drug-likeness (QED) is 0.541. The van der Waals surface area contributed by atoms with Crippen LogP contribution in [-0.2, 0) is 9.53 Å². The Bertz CT molecular complexity index is 971. The zero-order valence-electron chi connectivity index (χ0n) is 15.9. The number of rotatable bonds is 7. The van der Waals surface area contributed by atoms with Crippen molar-refractivity contribution in [2.45, 2.75) is 0 Å². The molecule has 9 heteroatoms. The van der Waals surface area contributed by atoms with E-state index in [1.165, 1.54) is 18.4 Å². The molecule has 0 fully saturated rings. The Morgan fingerprint density at radius 3 is 2.31 bits per heavy atom. The Morgan fingerprint density at radius 1 is 0.966 bits per heavy atom. The molecule has 0 bridgehead atoms. The number of nitrogens with one attached hydrogen (secondary N) is 3. The van der Waals surface area contributed by atoms with Crippen LogP contribution >= 0.6 is 11.3 Å². The monoisotopic (exact) mass is 412 g/mol. The first kappa shape index (κ1) is 20.2. The largest absolute Gasteiger partial charge is 0.497 e. The summed E-state index contributed by atoms with van der Waals surface area (Å²) in [5.74, 6) is 0.597. The van der Waals surface area contributed by atoms with Crippen LogP contribution in [0.2, 0.25) is 0 Å². The molecule has 2 aromatic carbocycles. The number of nitrogens with zero attached hydrogens (tertiary/aromatic N) is 1. The number of aromatic nitrogens is 1. The third kappa shape index (κ3) is 5.69. The van der Waals surface area contributed by atoms with Crippen LogP contribution in [0.1, 0.15) is 0 Å². The molecule has 3 rings (SSSR count). The van der Waals surface area contributed by atoms with E-state index in [1.807, 2.05) is 41.8 Å². The highest BCUT2D eigenvalue weighted by atomic mass is 32.1. The molecule has 3 aromatic rings. The fourth-order valence-electron chi connectivity index (χ4n) is 2.42. The van der Waals surface area contributed by atoms with E-state index in [9.17, 15) is 9.59 Å². The lowest BCUT2D eigenvalue weighted by molar-refractivity contribution is -0.114. The fraction of sp³-hybridized carbons (Fsp3) is 0.150. The molecule has 0 unspecified atom stereocenters. The van der Waals surface area contributed by atoms with E-state index in [-0.39, 0.29) is 12.5 Å². The predicted octanol–water partition coefficient (Wildman–Crippen LogP) is 4.05. The molecule has 1 heterocycles. The van der Waals surface area contributed by atoms with Gasteiger partial charge in [0.05, 0.1) is 26.5 Å². The third-order valence-electron chi connectivity index (χ3n) is 3.91. The van der Waals surface area contributed by atoms with E-state index < -0.39 is 6.09 Å². The smallest absolute Gasteiger partial charge is 0.413 e. The van der Waals surface area contributed by atoms with E-state index in [1.54, 1.807) is 19.2 Å². The van der Waals surface area contributed by atoms with Crippen LogP contribution < -0.4 is 20.7 Å². The van der Waals surface area contributed by atoms with Crippen LogP contribution in [0.15, 0.2) is 53.9 Å². The molecule has 0 aliphatic carbocycles. The molecule has 0 saturated heterocycles. The summed E-state index contributed by atoms with van der Waals surface area (Å²) in [5, 5.41) is 10.7. The van der Waals surface area contributed by atoms with Gasteiger partial charge in [0.15, 0.2) is 5.13 Å². The average molecular weight is 412 g/mol. The summed E-state index contributed by atoms with van der Waals surface area (Å²) in [7, 11) is 2.90. The standard InChI is InChI=1S/C20H20N4O4S/c1-27-16-9-7-14(8-10-16)21-11-18(25)22-15-5-3-13(4-6-15)17-12-29-19(23-17)24-20(26)28-2/h3-10,12,21H,11H2,1-2H3,(H,22,25)(H,23,24,26). The highest BCUT2D eigenvalue weighted by Crippen LogP contribution is 2.26. The second kappa shape index (κ2) is 9.56. The van der Waals surface area contributed by atoms with Gasteiger partial charge < -0.3 is 20.1 Å². The summed E-state index contributed by atoms with van der Waals surface area (Å²) < 4.78 is 9.65. The van der Waals surface area contributed by atoms with Crippen molar-refractivity contribution in [2.75, 3.05) is 36.7 Å². The van der Waals surface area contributed by atoms with E-state index in [0.29, 0.717) is 10.8 Å². The van der Waals surface area contributed by atoms with Crippen LogP contribution in [-0.4, -0.2) is 37.7 Å².